The van der Waals surface area contributed by atoms with Crippen LogP contribution in [0.5, 0.6) is 0 Å². The summed E-state index contributed by atoms with van der Waals surface area (Å²) in [6.07, 6.45) is 8.29. The van der Waals surface area contributed by atoms with E-state index in [1.165, 1.54) is 31.3 Å². The molecule has 0 aliphatic carbocycles. The topological polar surface area (TPSA) is 0 Å². The lowest BCUT2D eigenvalue weighted by atomic mass is 9.91. The van der Waals surface area contributed by atoms with Crippen LogP contribution in [0.4, 0.5) is 0 Å². The highest BCUT2D eigenvalue weighted by Gasteiger charge is 2.06. The zero-order chi connectivity index (χ0) is 9.40. The molecule has 0 saturated carbocycles. The first-order chi connectivity index (χ1) is 5.72. The van der Waals surface area contributed by atoms with Crippen LogP contribution >= 0.6 is 0 Å². The summed E-state index contributed by atoms with van der Waals surface area (Å²) in [5.41, 5.74) is 1.34. The minimum absolute atomic E-state index is 0.725. The Balaban J connectivity index is 3.69. The van der Waals surface area contributed by atoms with Crippen LogP contribution in [0.2, 0.25) is 0 Å². The van der Waals surface area contributed by atoms with Crippen LogP contribution in [-0.4, -0.2) is 0 Å². The number of hydrogen-bond donors (Lipinski definition) is 0. The summed E-state index contributed by atoms with van der Waals surface area (Å²) in [6, 6.07) is 0. The van der Waals surface area contributed by atoms with Crippen LogP contribution in [0.1, 0.15) is 46.0 Å². The standard InChI is InChI=1S/C12H22/c1-5-7-9-12(11(3)4)10-8-6-2/h5,12H,1,3,6-10H2,2,4H3. The van der Waals surface area contributed by atoms with E-state index in [-0.39, 0.29) is 0 Å². The highest BCUT2D eigenvalue weighted by Crippen LogP contribution is 2.21. The Hall–Kier alpha value is -0.520. The lowest BCUT2D eigenvalue weighted by Crippen LogP contribution is -2.00. The normalized spacial score (nSPS) is 12.5. The molecule has 0 bridgehead atoms. The molecule has 0 radical (unpaired) electrons. The van der Waals surface area contributed by atoms with Crippen LogP contribution in [0.25, 0.3) is 0 Å². The van der Waals surface area contributed by atoms with Gasteiger partial charge in [-0.1, -0.05) is 38.0 Å². The molecule has 1 unspecified atom stereocenters. The van der Waals surface area contributed by atoms with Crippen LogP contribution in [-0.2, 0) is 0 Å². The van der Waals surface area contributed by atoms with Crippen molar-refractivity contribution in [1.82, 2.24) is 0 Å². The van der Waals surface area contributed by atoms with E-state index >= 15 is 0 Å². The molecular formula is C12H22. The molecule has 0 aromatic heterocycles. The second-order valence-corrected chi connectivity index (χ2v) is 3.55. The van der Waals surface area contributed by atoms with Crippen molar-refractivity contribution >= 4 is 0 Å². The third-order valence-electron chi connectivity index (χ3n) is 2.32. The van der Waals surface area contributed by atoms with E-state index in [4.69, 9.17) is 0 Å². The second kappa shape index (κ2) is 7.15. The van der Waals surface area contributed by atoms with Gasteiger partial charge in [0, 0.05) is 0 Å². The quantitative estimate of drug-likeness (QED) is 0.494. The van der Waals surface area contributed by atoms with Crippen LogP contribution in [0, 0.1) is 5.92 Å². The summed E-state index contributed by atoms with van der Waals surface area (Å²) in [7, 11) is 0. The molecule has 1 atom stereocenters. The largest absolute Gasteiger partial charge is 0.103 e. The van der Waals surface area contributed by atoms with Crippen molar-refractivity contribution in [3.63, 3.8) is 0 Å². The van der Waals surface area contributed by atoms with Gasteiger partial charge in [-0.3, -0.25) is 0 Å². The van der Waals surface area contributed by atoms with Crippen molar-refractivity contribution in [3.05, 3.63) is 24.8 Å². The SMILES string of the molecule is C=CCCC(CCCC)C(=C)C. The molecule has 0 saturated heterocycles. The van der Waals surface area contributed by atoms with Crippen LogP contribution in [0.3, 0.4) is 0 Å². The predicted octanol–water partition coefficient (Wildman–Crippen LogP) is 4.34. The first kappa shape index (κ1) is 11.5. The van der Waals surface area contributed by atoms with E-state index in [1.807, 2.05) is 6.08 Å². The summed E-state index contributed by atoms with van der Waals surface area (Å²) in [4.78, 5) is 0. The van der Waals surface area contributed by atoms with Gasteiger partial charge in [-0.25, -0.2) is 0 Å². The molecule has 0 nitrogen and oxygen atoms in total. The minimum atomic E-state index is 0.725. The van der Waals surface area contributed by atoms with Gasteiger partial charge in [-0.2, -0.15) is 0 Å². The summed E-state index contributed by atoms with van der Waals surface area (Å²) >= 11 is 0. The molecule has 0 fully saturated rings. The molecule has 0 aliphatic rings. The third-order valence-corrected chi connectivity index (χ3v) is 2.32. The molecular weight excluding hydrogens is 144 g/mol. The van der Waals surface area contributed by atoms with Crippen molar-refractivity contribution in [2.24, 2.45) is 5.92 Å². The second-order valence-electron chi connectivity index (χ2n) is 3.55. The third kappa shape index (κ3) is 5.17. The van der Waals surface area contributed by atoms with Gasteiger partial charge in [0.1, 0.15) is 0 Å². The number of unbranched alkanes of at least 4 members (excludes halogenated alkanes) is 1. The predicted molar refractivity (Wildman–Crippen MR) is 57.3 cm³/mol. The Morgan fingerprint density at radius 1 is 1.42 bits per heavy atom. The molecule has 0 aliphatic heterocycles. The van der Waals surface area contributed by atoms with E-state index in [0.29, 0.717) is 0 Å². The fourth-order valence-corrected chi connectivity index (χ4v) is 1.41. The Labute approximate surface area is 77.4 Å². The average Bonchev–Trinajstić information content (AvgIpc) is 2.04. The van der Waals surface area contributed by atoms with Gasteiger partial charge in [0.2, 0.25) is 0 Å². The minimum Gasteiger partial charge on any atom is -0.103 e. The fourth-order valence-electron chi connectivity index (χ4n) is 1.41. The zero-order valence-corrected chi connectivity index (χ0v) is 8.60. The smallest absolute Gasteiger partial charge is 0.0206 e. The summed E-state index contributed by atoms with van der Waals surface area (Å²) in [5.74, 6) is 0.725. The summed E-state index contributed by atoms with van der Waals surface area (Å²) < 4.78 is 0. The van der Waals surface area contributed by atoms with Crippen molar-refractivity contribution < 1.29 is 0 Å². The van der Waals surface area contributed by atoms with Gasteiger partial charge in [0.15, 0.2) is 0 Å². The Kier molecular flexibility index (Phi) is 6.84. The molecule has 0 aromatic carbocycles. The van der Waals surface area contributed by atoms with Crippen LogP contribution in [0.15, 0.2) is 24.8 Å². The van der Waals surface area contributed by atoms with Crippen molar-refractivity contribution in [2.45, 2.75) is 46.0 Å². The maximum Gasteiger partial charge on any atom is -0.0206 e. The summed E-state index contributed by atoms with van der Waals surface area (Å²) in [5, 5.41) is 0. The fraction of sp³-hybridized carbons (Fsp3) is 0.667. The van der Waals surface area contributed by atoms with E-state index in [9.17, 15) is 0 Å². The maximum absolute atomic E-state index is 4.03. The lowest BCUT2D eigenvalue weighted by molar-refractivity contribution is 0.500. The number of rotatable bonds is 7. The number of allylic oxidation sites excluding steroid dienone is 2. The van der Waals surface area contributed by atoms with Crippen molar-refractivity contribution in [3.8, 4) is 0 Å². The molecule has 0 amide bonds. The van der Waals surface area contributed by atoms with E-state index in [2.05, 4.69) is 27.0 Å². The maximum atomic E-state index is 4.03. The molecule has 0 heterocycles. The van der Waals surface area contributed by atoms with E-state index < -0.39 is 0 Å². The molecule has 0 heteroatoms. The molecule has 0 N–H and O–H groups in total. The monoisotopic (exact) mass is 166 g/mol. The van der Waals surface area contributed by atoms with Gasteiger partial charge < -0.3 is 0 Å². The van der Waals surface area contributed by atoms with Gasteiger partial charge >= 0.3 is 0 Å². The molecule has 0 rings (SSSR count). The van der Waals surface area contributed by atoms with E-state index in [0.717, 1.165) is 12.3 Å². The van der Waals surface area contributed by atoms with Crippen molar-refractivity contribution in [2.75, 3.05) is 0 Å². The van der Waals surface area contributed by atoms with Gasteiger partial charge in [0.25, 0.3) is 0 Å². The zero-order valence-electron chi connectivity index (χ0n) is 8.60. The average molecular weight is 166 g/mol. The Bertz CT molecular complexity index is 133. The Morgan fingerprint density at radius 3 is 2.50 bits per heavy atom. The first-order valence-corrected chi connectivity index (χ1v) is 4.98. The highest BCUT2D eigenvalue weighted by molar-refractivity contribution is 4.96. The summed E-state index contributed by atoms with van der Waals surface area (Å²) in [6.45, 7) is 12.2. The molecule has 0 spiro atoms. The van der Waals surface area contributed by atoms with E-state index in [1.54, 1.807) is 0 Å². The van der Waals surface area contributed by atoms with Gasteiger partial charge in [-0.05, 0) is 32.1 Å². The first-order valence-electron chi connectivity index (χ1n) is 4.98. The molecule has 0 aromatic rings. The lowest BCUT2D eigenvalue weighted by Gasteiger charge is -2.15. The van der Waals surface area contributed by atoms with Gasteiger partial charge in [0.05, 0.1) is 0 Å². The highest BCUT2D eigenvalue weighted by atomic mass is 14.1. The molecule has 12 heavy (non-hydrogen) atoms. The molecule has 70 valence electrons. The van der Waals surface area contributed by atoms with Crippen molar-refractivity contribution in [1.29, 1.82) is 0 Å². The van der Waals surface area contributed by atoms with Gasteiger partial charge in [-0.15, -0.1) is 6.58 Å². The Morgan fingerprint density at radius 2 is 2.08 bits per heavy atom. The number of hydrogen-bond acceptors (Lipinski definition) is 0. The van der Waals surface area contributed by atoms with Crippen LogP contribution < -0.4 is 0 Å².